The summed E-state index contributed by atoms with van der Waals surface area (Å²) in [5.74, 6) is 0.141. The van der Waals surface area contributed by atoms with Gasteiger partial charge in [-0.05, 0) is 42.2 Å². The van der Waals surface area contributed by atoms with Gasteiger partial charge in [0, 0.05) is 6.42 Å². The minimum atomic E-state index is -4.31. The number of carbonyl (C=O) groups excluding carboxylic acids is 1. The fraction of sp³-hybridized carbons (Fsp3) is 0.316. The second-order valence-electron chi connectivity index (χ2n) is 5.66. The molecule has 2 aromatic carbocycles. The van der Waals surface area contributed by atoms with Crippen LogP contribution in [-0.2, 0) is 17.4 Å². The van der Waals surface area contributed by atoms with Gasteiger partial charge >= 0.3 is 24.4 Å². The first kappa shape index (κ1) is 22.2. The molecule has 0 aliphatic heterocycles. The molecule has 2 rings (SSSR count). The Kier molecular flexibility index (Phi) is 9.75. The molecular weight excluding hydrogens is 405 g/mol. The lowest BCUT2D eigenvalue weighted by Gasteiger charge is -2.08. The van der Waals surface area contributed by atoms with E-state index in [1.807, 2.05) is 24.3 Å². The molecule has 0 atom stereocenters. The topological polar surface area (TPSA) is 17.1 Å². The summed E-state index contributed by atoms with van der Waals surface area (Å²) in [6.45, 7) is 3.75. The third-order valence-corrected chi connectivity index (χ3v) is 6.21. The molecule has 0 amide bonds. The highest BCUT2D eigenvalue weighted by atomic mass is 79.9. The fourth-order valence-corrected chi connectivity index (χ4v) is 2.04. The molecule has 2 aromatic rings. The van der Waals surface area contributed by atoms with Gasteiger partial charge in [0.25, 0.3) is 0 Å². The van der Waals surface area contributed by atoms with Crippen LogP contribution in [0.1, 0.15) is 31.4 Å². The largest absolute Gasteiger partial charge is 0.468 e. The SMILES string of the molecule is CC(=O)CCc1ccc(-c2ccc(C(F)(F)F)cc2)cc1.C[CH2][Mg][Br]. The van der Waals surface area contributed by atoms with Crippen LogP contribution in [0, 0.1) is 0 Å². The Morgan fingerprint density at radius 1 is 1.00 bits per heavy atom. The number of alkyl halides is 3. The van der Waals surface area contributed by atoms with Crippen LogP contribution in [0.5, 0.6) is 0 Å². The Bertz CT molecular complexity index is 650. The maximum absolute atomic E-state index is 12.5. The van der Waals surface area contributed by atoms with Crippen molar-refractivity contribution in [2.45, 2.75) is 37.4 Å². The first-order chi connectivity index (χ1) is 11.8. The van der Waals surface area contributed by atoms with Crippen molar-refractivity contribution in [1.82, 2.24) is 0 Å². The lowest BCUT2D eigenvalue weighted by atomic mass is 10.0. The summed E-state index contributed by atoms with van der Waals surface area (Å²) in [4.78, 5) is 10.9. The molecule has 0 unspecified atom stereocenters. The van der Waals surface area contributed by atoms with Crippen molar-refractivity contribution >= 4 is 36.9 Å². The Labute approximate surface area is 162 Å². The van der Waals surface area contributed by atoms with Crippen LogP contribution >= 0.6 is 12.9 Å². The van der Waals surface area contributed by atoms with Gasteiger partial charge in [-0.1, -0.05) is 43.3 Å². The van der Waals surface area contributed by atoms with E-state index in [0.717, 1.165) is 28.8 Å². The highest BCUT2D eigenvalue weighted by Gasteiger charge is 2.29. The summed E-state index contributed by atoms with van der Waals surface area (Å²) < 4.78 is 38.9. The molecule has 0 saturated carbocycles. The predicted molar refractivity (Wildman–Crippen MR) is 101 cm³/mol. The Morgan fingerprint density at radius 2 is 1.44 bits per heavy atom. The van der Waals surface area contributed by atoms with Crippen molar-refractivity contribution in [3.8, 4) is 11.1 Å². The Morgan fingerprint density at radius 3 is 1.80 bits per heavy atom. The van der Waals surface area contributed by atoms with Crippen LogP contribution in [0.4, 0.5) is 13.2 Å². The molecule has 25 heavy (non-hydrogen) atoms. The van der Waals surface area contributed by atoms with Gasteiger partial charge in [-0.2, -0.15) is 13.2 Å². The van der Waals surface area contributed by atoms with E-state index in [9.17, 15) is 18.0 Å². The minimum absolute atomic E-state index is 0.141. The molecule has 0 saturated heterocycles. The lowest BCUT2D eigenvalue weighted by molar-refractivity contribution is -0.137. The van der Waals surface area contributed by atoms with Gasteiger partial charge in [0.2, 0.25) is 0 Å². The molecule has 0 fully saturated rings. The van der Waals surface area contributed by atoms with E-state index >= 15 is 0 Å². The molecular formula is C19H20BrF3MgO. The van der Waals surface area contributed by atoms with Crippen LogP contribution in [0.15, 0.2) is 48.5 Å². The van der Waals surface area contributed by atoms with Crippen LogP contribution in [0.25, 0.3) is 11.1 Å². The number of carbonyl (C=O) groups is 1. The zero-order valence-corrected chi connectivity index (χ0v) is 17.4. The van der Waals surface area contributed by atoms with E-state index in [0.29, 0.717) is 12.8 Å². The van der Waals surface area contributed by atoms with E-state index in [1.54, 1.807) is 6.92 Å². The first-order valence-corrected chi connectivity index (χ1v) is 13.0. The molecule has 0 aromatic heterocycles. The summed E-state index contributed by atoms with van der Waals surface area (Å²) in [5.41, 5.74) is 1.99. The standard InChI is InChI=1S/C17H15F3O.C2H5.BrH.Mg/c1-12(21)2-3-13-4-6-14(7-5-13)15-8-10-16(11-9-15)17(18,19)20;1-2;;/h4-11H,2-3H2,1H3;1H2,2H3;1H;/q;;;+1/p-1. The van der Waals surface area contributed by atoms with Gasteiger partial charge in [0.05, 0.1) is 5.56 Å². The van der Waals surface area contributed by atoms with Crippen molar-refractivity contribution in [2.24, 2.45) is 0 Å². The lowest BCUT2D eigenvalue weighted by Crippen LogP contribution is -2.03. The molecule has 0 N–H and O–H groups in total. The quantitative estimate of drug-likeness (QED) is 0.512. The maximum Gasteiger partial charge on any atom is 0.468 e. The molecule has 132 valence electrons. The highest BCUT2D eigenvalue weighted by molar-refractivity contribution is 9.23. The zero-order chi connectivity index (χ0) is 18.9. The summed E-state index contributed by atoms with van der Waals surface area (Å²) in [6.07, 6.45) is -3.13. The van der Waals surface area contributed by atoms with Gasteiger partial charge < -0.3 is 17.7 Å². The number of Topliss-reactive ketones (excluding diaryl/α,β-unsaturated/α-hetero) is 1. The van der Waals surface area contributed by atoms with Gasteiger partial charge in [-0.25, -0.2) is 0 Å². The molecule has 0 radical (unpaired) electrons. The molecule has 0 aliphatic rings. The van der Waals surface area contributed by atoms with Crippen LogP contribution in [0.2, 0.25) is 4.55 Å². The van der Waals surface area contributed by atoms with Crippen molar-refractivity contribution in [2.75, 3.05) is 0 Å². The maximum atomic E-state index is 12.5. The monoisotopic (exact) mass is 424 g/mol. The average molecular weight is 426 g/mol. The molecule has 0 spiro atoms. The number of rotatable bonds is 5. The molecule has 1 nitrogen and oxygen atoms in total. The van der Waals surface area contributed by atoms with Crippen molar-refractivity contribution < 1.29 is 18.0 Å². The second kappa shape index (κ2) is 11.0. The zero-order valence-electron chi connectivity index (χ0n) is 14.4. The van der Waals surface area contributed by atoms with Crippen LogP contribution in [-0.4, -0.2) is 24.0 Å². The van der Waals surface area contributed by atoms with E-state index < -0.39 is 11.7 Å². The Hall–Kier alpha value is -0.854. The number of benzene rings is 2. The molecule has 0 bridgehead atoms. The van der Waals surface area contributed by atoms with Gasteiger partial charge in [-0.15, -0.1) is 4.55 Å². The van der Waals surface area contributed by atoms with E-state index in [-0.39, 0.29) is 24.0 Å². The highest BCUT2D eigenvalue weighted by Crippen LogP contribution is 2.31. The van der Waals surface area contributed by atoms with E-state index in [4.69, 9.17) is 0 Å². The third-order valence-electron chi connectivity index (χ3n) is 3.45. The summed E-state index contributed by atoms with van der Waals surface area (Å²) in [7, 11) is 0. The van der Waals surface area contributed by atoms with E-state index in [1.165, 1.54) is 16.7 Å². The molecule has 0 heterocycles. The third kappa shape index (κ3) is 8.38. The smallest absolute Gasteiger partial charge is 0.307 e. The molecule has 6 heteroatoms. The summed E-state index contributed by atoms with van der Waals surface area (Å²) in [5, 5.41) is 0. The normalized spacial score (nSPS) is 10.5. The van der Waals surface area contributed by atoms with Gasteiger partial charge in [0.1, 0.15) is 5.78 Å². The number of aryl methyl sites for hydroxylation is 1. The fourth-order valence-electron chi connectivity index (χ4n) is 2.04. The van der Waals surface area contributed by atoms with Gasteiger partial charge in [0.15, 0.2) is 0 Å². The Balaban J connectivity index is 0.000000705. The van der Waals surface area contributed by atoms with Gasteiger partial charge in [-0.3, -0.25) is 0 Å². The molecule has 0 aliphatic carbocycles. The van der Waals surface area contributed by atoms with Crippen molar-refractivity contribution in [1.29, 1.82) is 0 Å². The van der Waals surface area contributed by atoms with Crippen molar-refractivity contribution in [3.63, 3.8) is 0 Å². The van der Waals surface area contributed by atoms with Crippen LogP contribution in [0.3, 0.4) is 0 Å². The minimum Gasteiger partial charge on any atom is -0.307 e. The van der Waals surface area contributed by atoms with Crippen LogP contribution < -0.4 is 0 Å². The number of hydrogen-bond donors (Lipinski definition) is 0. The predicted octanol–water partition coefficient (Wildman–Crippen LogP) is 6.33. The summed E-state index contributed by atoms with van der Waals surface area (Å²) in [6, 6.07) is 12.6. The first-order valence-electron chi connectivity index (χ1n) is 8.10. The number of hydrogen-bond acceptors (Lipinski definition) is 1. The van der Waals surface area contributed by atoms with Crippen molar-refractivity contribution in [3.05, 3.63) is 59.7 Å². The number of ketones is 1. The second-order valence-corrected chi connectivity index (χ2v) is 9.42. The number of halogens is 4. The average Bonchev–Trinajstić information content (AvgIpc) is 2.60. The summed E-state index contributed by atoms with van der Waals surface area (Å²) >= 11 is 3.62. The van der Waals surface area contributed by atoms with E-state index in [2.05, 4.69) is 19.8 Å².